The highest BCUT2D eigenvalue weighted by atomic mass is 16.7. The van der Waals surface area contributed by atoms with Gasteiger partial charge >= 0.3 is 0 Å². The lowest BCUT2D eigenvalue weighted by atomic mass is 10.1. The molecule has 6 heteroatoms. The zero-order valence-electron chi connectivity index (χ0n) is 17.7. The van der Waals surface area contributed by atoms with E-state index in [9.17, 15) is 4.79 Å². The van der Waals surface area contributed by atoms with E-state index in [2.05, 4.69) is 4.98 Å². The van der Waals surface area contributed by atoms with E-state index in [1.165, 1.54) is 0 Å². The molecule has 3 aromatic rings. The third kappa shape index (κ3) is 4.15. The number of fused-ring (bicyclic) bond motifs is 1. The van der Waals surface area contributed by atoms with Gasteiger partial charge in [0.25, 0.3) is 0 Å². The Morgan fingerprint density at radius 2 is 1.84 bits per heavy atom. The lowest BCUT2D eigenvalue weighted by Gasteiger charge is -2.29. The molecule has 31 heavy (non-hydrogen) atoms. The van der Waals surface area contributed by atoms with Gasteiger partial charge in [0.15, 0.2) is 11.5 Å². The second-order valence-electron chi connectivity index (χ2n) is 8.21. The van der Waals surface area contributed by atoms with Gasteiger partial charge in [-0.25, -0.2) is 4.98 Å². The number of benzene rings is 2. The van der Waals surface area contributed by atoms with Gasteiger partial charge in [0, 0.05) is 18.2 Å². The summed E-state index contributed by atoms with van der Waals surface area (Å²) in [6.45, 7) is 2.68. The largest absolute Gasteiger partial charge is 0.454 e. The van der Waals surface area contributed by atoms with Crippen molar-refractivity contribution >= 4 is 5.91 Å². The first-order chi connectivity index (χ1) is 15.2. The summed E-state index contributed by atoms with van der Waals surface area (Å²) in [6.07, 6.45) is 4.66. The third-order valence-electron chi connectivity index (χ3n) is 6.11. The van der Waals surface area contributed by atoms with Gasteiger partial charge in [0.05, 0.1) is 12.1 Å². The Morgan fingerprint density at radius 1 is 1.06 bits per heavy atom. The number of aryl methyl sites for hydroxylation is 1. The van der Waals surface area contributed by atoms with E-state index in [0.29, 0.717) is 23.9 Å². The van der Waals surface area contributed by atoms with Crippen LogP contribution in [0.4, 0.5) is 0 Å². The van der Waals surface area contributed by atoms with E-state index in [1.54, 1.807) is 0 Å². The molecular formula is C25H26N2O4. The van der Waals surface area contributed by atoms with Crippen molar-refractivity contribution in [3.8, 4) is 23.0 Å². The minimum atomic E-state index is 0.0839. The molecule has 2 aliphatic rings. The predicted molar refractivity (Wildman–Crippen MR) is 116 cm³/mol. The Balaban J connectivity index is 1.36. The maximum atomic E-state index is 13.4. The zero-order valence-corrected chi connectivity index (χ0v) is 17.7. The molecule has 1 aliphatic carbocycles. The van der Waals surface area contributed by atoms with E-state index in [-0.39, 0.29) is 25.2 Å². The highest BCUT2D eigenvalue weighted by Crippen LogP contribution is 2.34. The number of hydrogen-bond donors (Lipinski definition) is 0. The van der Waals surface area contributed by atoms with Crippen molar-refractivity contribution in [1.29, 1.82) is 0 Å². The summed E-state index contributed by atoms with van der Waals surface area (Å²) in [5, 5.41) is 0. The van der Waals surface area contributed by atoms with Crippen molar-refractivity contribution in [2.45, 2.75) is 51.6 Å². The lowest BCUT2D eigenvalue weighted by molar-refractivity contribution is -0.133. The molecule has 1 saturated carbocycles. The molecule has 0 unspecified atom stereocenters. The first-order valence-corrected chi connectivity index (χ1v) is 10.9. The summed E-state index contributed by atoms with van der Waals surface area (Å²) >= 11 is 0. The fourth-order valence-electron chi connectivity index (χ4n) is 4.41. The number of oxazole rings is 1. The third-order valence-corrected chi connectivity index (χ3v) is 6.11. The van der Waals surface area contributed by atoms with Crippen LogP contribution in [-0.2, 0) is 17.8 Å². The van der Waals surface area contributed by atoms with Crippen LogP contribution >= 0.6 is 0 Å². The highest BCUT2D eigenvalue weighted by molar-refractivity contribution is 5.79. The van der Waals surface area contributed by atoms with E-state index in [0.717, 1.165) is 48.3 Å². The highest BCUT2D eigenvalue weighted by Gasteiger charge is 2.28. The van der Waals surface area contributed by atoms with E-state index >= 15 is 0 Å². The molecule has 2 aromatic carbocycles. The molecule has 0 bridgehead atoms. The zero-order chi connectivity index (χ0) is 21.2. The van der Waals surface area contributed by atoms with Gasteiger partial charge in [-0.1, -0.05) is 37.1 Å². The summed E-state index contributed by atoms with van der Waals surface area (Å²) in [5.41, 5.74) is 2.67. The molecule has 1 fully saturated rings. The van der Waals surface area contributed by atoms with Crippen molar-refractivity contribution < 1.29 is 18.7 Å². The Bertz CT molecular complexity index is 1070. The van der Waals surface area contributed by atoms with Crippen molar-refractivity contribution in [3.05, 3.63) is 65.5 Å². The Kier molecular flexibility index (Phi) is 5.37. The number of carbonyl (C=O) groups excluding carboxylic acids is 1. The summed E-state index contributed by atoms with van der Waals surface area (Å²) in [5.74, 6) is 2.84. The van der Waals surface area contributed by atoms with Crippen LogP contribution in [0, 0.1) is 6.92 Å². The number of amides is 1. The normalized spacial score (nSPS) is 15.4. The van der Waals surface area contributed by atoms with Gasteiger partial charge in [0.1, 0.15) is 5.76 Å². The van der Waals surface area contributed by atoms with E-state index in [1.807, 2.05) is 60.4 Å². The molecule has 1 aliphatic heterocycles. The van der Waals surface area contributed by atoms with Gasteiger partial charge < -0.3 is 18.8 Å². The van der Waals surface area contributed by atoms with Crippen LogP contribution in [-0.4, -0.2) is 28.6 Å². The molecule has 0 radical (unpaired) electrons. The molecule has 2 heterocycles. The van der Waals surface area contributed by atoms with Crippen molar-refractivity contribution in [2.24, 2.45) is 0 Å². The van der Waals surface area contributed by atoms with Gasteiger partial charge in [-0.3, -0.25) is 4.79 Å². The summed E-state index contributed by atoms with van der Waals surface area (Å²) in [6, 6.07) is 16.0. The number of carbonyl (C=O) groups is 1. The molecular weight excluding hydrogens is 392 g/mol. The lowest BCUT2D eigenvalue weighted by Crippen LogP contribution is -2.39. The quantitative estimate of drug-likeness (QED) is 0.570. The average Bonchev–Trinajstić information content (AvgIpc) is 3.54. The molecule has 0 saturated heterocycles. The minimum absolute atomic E-state index is 0.0839. The predicted octanol–water partition coefficient (Wildman–Crippen LogP) is 4.89. The molecule has 1 aromatic heterocycles. The SMILES string of the molecule is Cc1oc(-c2ccccc2)nc1CC(=O)N(Cc1ccc2c(c1)OCO2)C1CCCC1. The minimum Gasteiger partial charge on any atom is -0.454 e. The van der Waals surface area contributed by atoms with Crippen molar-refractivity contribution in [2.75, 3.05) is 6.79 Å². The van der Waals surface area contributed by atoms with Crippen LogP contribution in [0.25, 0.3) is 11.5 Å². The standard InChI is InChI=1S/C25H26N2O4/c1-17-21(26-25(31-17)19-7-3-2-4-8-19)14-24(28)27(20-9-5-6-10-20)15-18-11-12-22-23(13-18)30-16-29-22/h2-4,7-8,11-13,20H,5-6,9-10,14-16H2,1H3. The number of aromatic nitrogens is 1. The second-order valence-corrected chi connectivity index (χ2v) is 8.21. The Hall–Kier alpha value is -3.28. The van der Waals surface area contributed by atoms with Crippen LogP contribution < -0.4 is 9.47 Å². The maximum absolute atomic E-state index is 13.4. The topological polar surface area (TPSA) is 64.8 Å². The number of ether oxygens (including phenoxy) is 2. The average molecular weight is 418 g/mol. The molecule has 1 amide bonds. The van der Waals surface area contributed by atoms with E-state index < -0.39 is 0 Å². The molecule has 5 rings (SSSR count). The monoisotopic (exact) mass is 418 g/mol. The van der Waals surface area contributed by atoms with Gasteiger partial charge in [-0.15, -0.1) is 0 Å². The van der Waals surface area contributed by atoms with Crippen LogP contribution in [0.15, 0.2) is 52.9 Å². The van der Waals surface area contributed by atoms with Gasteiger partial charge in [-0.05, 0) is 49.6 Å². The summed E-state index contributed by atoms with van der Waals surface area (Å²) < 4.78 is 16.8. The number of nitrogens with zero attached hydrogens (tertiary/aromatic N) is 2. The van der Waals surface area contributed by atoms with Crippen molar-refractivity contribution in [1.82, 2.24) is 9.88 Å². The first kappa shape index (κ1) is 19.7. The summed E-state index contributed by atoms with van der Waals surface area (Å²) in [7, 11) is 0. The fraction of sp³-hybridized carbons (Fsp3) is 0.360. The number of hydrogen-bond acceptors (Lipinski definition) is 5. The Morgan fingerprint density at radius 3 is 2.65 bits per heavy atom. The molecule has 0 atom stereocenters. The van der Waals surface area contributed by atoms with Gasteiger partial charge in [0.2, 0.25) is 18.6 Å². The van der Waals surface area contributed by atoms with Crippen molar-refractivity contribution in [3.63, 3.8) is 0 Å². The smallest absolute Gasteiger partial charge is 0.231 e. The number of rotatable bonds is 6. The van der Waals surface area contributed by atoms with Crippen LogP contribution in [0.5, 0.6) is 11.5 Å². The van der Waals surface area contributed by atoms with Crippen LogP contribution in [0.1, 0.15) is 42.7 Å². The molecule has 0 N–H and O–H groups in total. The molecule has 160 valence electrons. The Labute approximate surface area is 181 Å². The van der Waals surface area contributed by atoms with Gasteiger partial charge in [-0.2, -0.15) is 0 Å². The van der Waals surface area contributed by atoms with Crippen LogP contribution in [0.2, 0.25) is 0 Å². The van der Waals surface area contributed by atoms with Crippen LogP contribution in [0.3, 0.4) is 0 Å². The second kappa shape index (κ2) is 8.46. The van der Waals surface area contributed by atoms with E-state index in [4.69, 9.17) is 13.9 Å². The molecule has 6 nitrogen and oxygen atoms in total. The fourth-order valence-corrected chi connectivity index (χ4v) is 4.41. The maximum Gasteiger partial charge on any atom is 0.231 e. The summed E-state index contributed by atoms with van der Waals surface area (Å²) in [4.78, 5) is 20.1. The first-order valence-electron chi connectivity index (χ1n) is 10.9. The molecule has 0 spiro atoms.